The van der Waals surface area contributed by atoms with Crippen LogP contribution in [-0.4, -0.2) is 19.9 Å². The van der Waals surface area contributed by atoms with E-state index < -0.39 is 15.6 Å². The molecule has 0 atom stereocenters. The number of hydrogen-bond donors (Lipinski definition) is 2. The first kappa shape index (κ1) is 17.2. The van der Waals surface area contributed by atoms with Crippen molar-refractivity contribution in [3.8, 4) is 0 Å². The van der Waals surface area contributed by atoms with E-state index in [0.29, 0.717) is 11.3 Å². The van der Waals surface area contributed by atoms with Crippen LogP contribution in [0.15, 0.2) is 52.0 Å². The van der Waals surface area contributed by atoms with Crippen molar-refractivity contribution in [2.75, 3.05) is 0 Å². The molecule has 0 aliphatic carbocycles. The second kappa shape index (κ2) is 6.55. The highest BCUT2D eigenvalue weighted by Gasteiger charge is 2.19. The molecule has 1 aromatic carbocycles. The Hall–Kier alpha value is -2.12. The molecule has 2 N–H and O–H groups in total. The topological polar surface area (TPSA) is 88.4 Å². The highest BCUT2D eigenvalue weighted by Crippen LogP contribution is 2.13. The summed E-state index contributed by atoms with van der Waals surface area (Å²) >= 11 is 0. The number of rotatable bonds is 5. The molecule has 0 aliphatic rings. The van der Waals surface area contributed by atoms with Gasteiger partial charge in [-0.2, -0.15) is 0 Å². The van der Waals surface area contributed by atoms with Crippen molar-refractivity contribution in [2.24, 2.45) is 0 Å². The van der Waals surface area contributed by atoms with Crippen LogP contribution in [0.25, 0.3) is 0 Å². The Morgan fingerprint density at radius 1 is 1.17 bits per heavy atom. The van der Waals surface area contributed by atoms with Crippen molar-refractivity contribution in [3.63, 3.8) is 0 Å². The number of benzene rings is 1. The summed E-state index contributed by atoms with van der Waals surface area (Å²) in [6.45, 7) is 5.62. The van der Waals surface area contributed by atoms with Gasteiger partial charge in [-0.05, 0) is 51.1 Å². The van der Waals surface area contributed by atoms with Gasteiger partial charge in [0.15, 0.2) is 0 Å². The molecule has 1 heterocycles. The predicted molar refractivity (Wildman–Crippen MR) is 86.4 cm³/mol. The molecule has 0 fully saturated rings. The Kier molecular flexibility index (Phi) is 4.91. The van der Waals surface area contributed by atoms with Crippen LogP contribution < -0.4 is 10.0 Å². The molecule has 0 aliphatic heterocycles. The fourth-order valence-electron chi connectivity index (χ4n) is 1.88. The number of hydrogen-bond acceptors (Lipinski definition) is 4. The minimum Gasteiger partial charge on any atom is -0.468 e. The highest BCUT2D eigenvalue weighted by molar-refractivity contribution is 7.89. The lowest BCUT2D eigenvalue weighted by Crippen LogP contribution is -2.40. The third-order valence-corrected chi connectivity index (χ3v) is 4.31. The molecule has 0 saturated carbocycles. The summed E-state index contributed by atoms with van der Waals surface area (Å²) < 4.78 is 32.1. The van der Waals surface area contributed by atoms with Gasteiger partial charge in [-0.1, -0.05) is 6.07 Å². The van der Waals surface area contributed by atoms with Gasteiger partial charge in [0.1, 0.15) is 5.76 Å². The molecule has 2 aromatic rings. The summed E-state index contributed by atoms with van der Waals surface area (Å²) in [5.41, 5.74) is -0.107. The Balaban J connectivity index is 2.16. The van der Waals surface area contributed by atoms with Gasteiger partial charge in [0.25, 0.3) is 5.91 Å². The molecule has 0 spiro atoms. The van der Waals surface area contributed by atoms with Crippen LogP contribution in [0.2, 0.25) is 0 Å². The normalized spacial score (nSPS) is 12.1. The number of carbonyl (C=O) groups excluding carboxylic acids is 1. The Morgan fingerprint density at radius 2 is 1.91 bits per heavy atom. The van der Waals surface area contributed by atoms with Crippen molar-refractivity contribution in [2.45, 2.75) is 37.8 Å². The maximum atomic E-state index is 12.3. The van der Waals surface area contributed by atoms with Gasteiger partial charge in [0.2, 0.25) is 10.0 Å². The highest BCUT2D eigenvalue weighted by atomic mass is 32.2. The second-order valence-corrected chi connectivity index (χ2v) is 7.90. The molecule has 0 saturated heterocycles. The number of nitrogens with one attached hydrogen (secondary N) is 2. The molecule has 7 heteroatoms. The summed E-state index contributed by atoms with van der Waals surface area (Å²) in [7, 11) is -3.73. The molecular formula is C16H20N2O4S. The van der Waals surface area contributed by atoms with E-state index in [1.807, 2.05) is 20.8 Å². The first-order chi connectivity index (χ1) is 10.7. The Morgan fingerprint density at radius 3 is 2.52 bits per heavy atom. The van der Waals surface area contributed by atoms with E-state index in [2.05, 4.69) is 10.0 Å². The Bertz CT molecular complexity index is 775. The first-order valence-corrected chi connectivity index (χ1v) is 8.60. The van der Waals surface area contributed by atoms with Crippen LogP contribution in [0, 0.1) is 0 Å². The van der Waals surface area contributed by atoms with Crippen LogP contribution in [-0.2, 0) is 16.6 Å². The minimum absolute atomic E-state index is 0.0330. The molecule has 1 amide bonds. The summed E-state index contributed by atoms with van der Waals surface area (Å²) in [6, 6.07) is 9.27. The van der Waals surface area contributed by atoms with Crippen LogP contribution in [0.3, 0.4) is 0 Å². The van der Waals surface area contributed by atoms with Crippen molar-refractivity contribution < 1.29 is 17.6 Å². The monoisotopic (exact) mass is 336 g/mol. The molecule has 1 aromatic heterocycles. The number of amides is 1. The van der Waals surface area contributed by atoms with E-state index >= 15 is 0 Å². The predicted octanol–water partition coefficient (Wildman–Crippen LogP) is 2.29. The SMILES string of the molecule is CC(C)(C)NC(=O)c1cccc(S(=O)(=O)NCc2ccco2)c1. The molecule has 2 rings (SSSR count). The quantitative estimate of drug-likeness (QED) is 0.877. The van der Waals surface area contributed by atoms with Gasteiger partial charge >= 0.3 is 0 Å². The van der Waals surface area contributed by atoms with Gasteiger partial charge in [0.05, 0.1) is 17.7 Å². The second-order valence-electron chi connectivity index (χ2n) is 6.14. The standard InChI is InChI=1S/C16H20N2O4S/c1-16(2,3)18-15(19)12-6-4-8-14(10-12)23(20,21)17-11-13-7-5-9-22-13/h4-10,17H,11H2,1-3H3,(H,18,19). The average Bonchev–Trinajstić information content (AvgIpc) is 2.97. The first-order valence-electron chi connectivity index (χ1n) is 7.12. The zero-order valence-electron chi connectivity index (χ0n) is 13.3. The molecule has 23 heavy (non-hydrogen) atoms. The third-order valence-electron chi connectivity index (χ3n) is 2.91. The van der Waals surface area contributed by atoms with Crippen LogP contribution in [0.1, 0.15) is 36.9 Å². The molecular weight excluding hydrogens is 316 g/mol. The Labute approximate surface area is 135 Å². The van der Waals surface area contributed by atoms with Crippen LogP contribution in [0.5, 0.6) is 0 Å². The van der Waals surface area contributed by atoms with Crippen molar-refractivity contribution in [3.05, 3.63) is 54.0 Å². The summed E-state index contributed by atoms with van der Waals surface area (Å²) in [5, 5.41) is 2.80. The van der Waals surface area contributed by atoms with Crippen LogP contribution in [0.4, 0.5) is 0 Å². The summed E-state index contributed by atoms with van der Waals surface area (Å²) in [6.07, 6.45) is 1.47. The zero-order chi connectivity index (χ0) is 17.1. The van der Waals surface area contributed by atoms with E-state index in [4.69, 9.17) is 4.42 Å². The van der Waals surface area contributed by atoms with Crippen molar-refractivity contribution in [1.29, 1.82) is 0 Å². The fraction of sp³-hybridized carbons (Fsp3) is 0.312. The van der Waals surface area contributed by atoms with Crippen LogP contribution >= 0.6 is 0 Å². The average molecular weight is 336 g/mol. The minimum atomic E-state index is -3.73. The van der Waals surface area contributed by atoms with E-state index in [1.54, 1.807) is 24.3 Å². The van der Waals surface area contributed by atoms with Crippen molar-refractivity contribution in [1.82, 2.24) is 10.0 Å². The zero-order valence-corrected chi connectivity index (χ0v) is 14.1. The largest absolute Gasteiger partial charge is 0.468 e. The van der Waals surface area contributed by atoms with Gasteiger partial charge in [-0.15, -0.1) is 0 Å². The van der Waals surface area contributed by atoms with E-state index in [9.17, 15) is 13.2 Å². The fourth-order valence-corrected chi connectivity index (χ4v) is 2.92. The smallest absolute Gasteiger partial charge is 0.251 e. The maximum absolute atomic E-state index is 12.3. The van der Waals surface area contributed by atoms with Gasteiger partial charge < -0.3 is 9.73 Å². The lowest BCUT2D eigenvalue weighted by Gasteiger charge is -2.20. The number of carbonyl (C=O) groups is 1. The van der Waals surface area contributed by atoms with E-state index in [0.717, 1.165) is 0 Å². The molecule has 0 radical (unpaired) electrons. The lowest BCUT2D eigenvalue weighted by atomic mass is 10.1. The van der Waals surface area contributed by atoms with Gasteiger partial charge in [0, 0.05) is 11.1 Å². The van der Waals surface area contributed by atoms with E-state index in [1.165, 1.54) is 18.4 Å². The third kappa shape index (κ3) is 4.94. The van der Waals surface area contributed by atoms with Gasteiger partial charge in [-0.3, -0.25) is 4.79 Å². The maximum Gasteiger partial charge on any atom is 0.251 e. The summed E-state index contributed by atoms with van der Waals surface area (Å²) in [4.78, 5) is 12.2. The lowest BCUT2D eigenvalue weighted by molar-refractivity contribution is 0.0919. The molecule has 0 unspecified atom stereocenters. The van der Waals surface area contributed by atoms with E-state index in [-0.39, 0.29) is 17.3 Å². The summed E-state index contributed by atoms with van der Waals surface area (Å²) in [5.74, 6) is 0.191. The molecule has 0 bridgehead atoms. The molecule has 124 valence electrons. The van der Waals surface area contributed by atoms with Crippen molar-refractivity contribution >= 4 is 15.9 Å². The number of furan rings is 1. The molecule has 6 nitrogen and oxygen atoms in total. The number of sulfonamides is 1. The van der Waals surface area contributed by atoms with Gasteiger partial charge in [-0.25, -0.2) is 13.1 Å².